The van der Waals surface area contributed by atoms with Gasteiger partial charge in [-0.1, -0.05) is 24.3 Å². The van der Waals surface area contributed by atoms with Gasteiger partial charge in [0.2, 0.25) is 5.95 Å². The van der Waals surface area contributed by atoms with Gasteiger partial charge in [0.05, 0.1) is 6.61 Å². The summed E-state index contributed by atoms with van der Waals surface area (Å²) in [6.07, 6.45) is -0.549. The van der Waals surface area contributed by atoms with Crippen LogP contribution in [0.5, 0.6) is 5.75 Å². The van der Waals surface area contributed by atoms with Crippen molar-refractivity contribution in [2.75, 3.05) is 18.6 Å². The summed E-state index contributed by atoms with van der Waals surface area (Å²) in [7, 11) is 1.68. The maximum Gasteiger partial charge on any atom is 0.325 e. The number of hydrogen-bond acceptors (Lipinski definition) is 6. The van der Waals surface area contributed by atoms with Crippen LogP contribution in [-0.4, -0.2) is 51.3 Å². The number of amides is 3. The molecule has 1 fully saturated rings. The van der Waals surface area contributed by atoms with E-state index in [0.29, 0.717) is 24.9 Å². The summed E-state index contributed by atoms with van der Waals surface area (Å²) in [5, 5.41) is 11.3. The maximum absolute atomic E-state index is 13.0. The number of carbonyl (C=O) groups is 2. The van der Waals surface area contributed by atoms with Gasteiger partial charge in [0.25, 0.3) is 5.91 Å². The molecule has 164 valence electrons. The van der Waals surface area contributed by atoms with Crippen LogP contribution in [0.3, 0.4) is 0 Å². The van der Waals surface area contributed by atoms with Crippen molar-refractivity contribution in [2.45, 2.75) is 32.6 Å². The Hall–Kier alpha value is -3.88. The maximum atomic E-state index is 13.0. The quantitative estimate of drug-likeness (QED) is 0.667. The van der Waals surface area contributed by atoms with Crippen LogP contribution in [0.15, 0.2) is 48.5 Å². The molecule has 3 heterocycles. The number of benzene rings is 2. The number of fused-ring (bicyclic) bond motifs is 3. The molecule has 9 nitrogen and oxygen atoms in total. The molecule has 2 atom stereocenters. The molecule has 0 bridgehead atoms. The smallest absolute Gasteiger partial charge is 0.325 e. The standard InChI is InChI=1S/C23H24N6O3/c1-4-32-17-11-9-15(10-12-17)19-25-26-22-28(13-16-8-6-5-7-14(16)2)18-20(30)24-23(31)27(3)21(18)29(19)22/h5-12,18,21H,4,13H2,1-3H3,(H,24,30,31). The van der Waals surface area contributed by atoms with E-state index in [9.17, 15) is 9.59 Å². The molecule has 32 heavy (non-hydrogen) atoms. The van der Waals surface area contributed by atoms with Crippen molar-refractivity contribution in [1.29, 1.82) is 0 Å². The molecule has 0 spiro atoms. The zero-order valence-electron chi connectivity index (χ0n) is 18.1. The molecule has 1 saturated heterocycles. The largest absolute Gasteiger partial charge is 0.494 e. The number of aromatic nitrogens is 3. The molecule has 2 aromatic carbocycles. The number of hydrogen-bond donors (Lipinski definition) is 1. The Morgan fingerprint density at radius 3 is 2.53 bits per heavy atom. The molecule has 3 amide bonds. The number of likely N-dealkylation sites (N-methyl/N-ethyl adjacent to an activating group) is 1. The van der Waals surface area contributed by atoms with Crippen LogP contribution < -0.4 is 15.0 Å². The molecule has 9 heteroatoms. The van der Waals surface area contributed by atoms with Crippen LogP contribution in [0.2, 0.25) is 0 Å². The first-order chi connectivity index (χ1) is 15.5. The van der Waals surface area contributed by atoms with Crippen LogP contribution in [0.1, 0.15) is 24.2 Å². The molecule has 5 rings (SSSR count). The van der Waals surface area contributed by atoms with Gasteiger partial charge in [0.1, 0.15) is 11.9 Å². The van der Waals surface area contributed by atoms with E-state index in [1.54, 1.807) is 7.05 Å². The first-order valence-corrected chi connectivity index (χ1v) is 10.6. The second kappa shape index (κ2) is 7.67. The third-order valence-electron chi connectivity index (χ3n) is 6.06. The van der Waals surface area contributed by atoms with Gasteiger partial charge in [0, 0.05) is 19.2 Å². The lowest BCUT2D eigenvalue weighted by Crippen LogP contribution is -2.61. The van der Waals surface area contributed by atoms with E-state index >= 15 is 0 Å². The van der Waals surface area contributed by atoms with Crippen molar-refractivity contribution in [3.05, 3.63) is 59.7 Å². The van der Waals surface area contributed by atoms with Gasteiger partial charge in [-0.2, -0.15) is 0 Å². The van der Waals surface area contributed by atoms with Gasteiger partial charge in [-0.15, -0.1) is 10.2 Å². The van der Waals surface area contributed by atoms with Gasteiger partial charge in [0.15, 0.2) is 11.9 Å². The van der Waals surface area contributed by atoms with Crippen LogP contribution in [0.25, 0.3) is 11.4 Å². The fourth-order valence-corrected chi connectivity index (χ4v) is 4.40. The lowest BCUT2D eigenvalue weighted by Gasteiger charge is -2.37. The molecule has 3 aromatic rings. The molecule has 2 unspecified atom stereocenters. The van der Waals surface area contributed by atoms with Crippen molar-refractivity contribution in [2.24, 2.45) is 0 Å². The normalized spacial score (nSPS) is 19.6. The molecule has 0 saturated carbocycles. The molecular formula is C23H24N6O3. The summed E-state index contributed by atoms with van der Waals surface area (Å²) in [5.41, 5.74) is 3.03. The highest BCUT2D eigenvalue weighted by molar-refractivity contribution is 6.02. The van der Waals surface area contributed by atoms with Crippen molar-refractivity contribution < 1.29 is 14.3 Å². The molecule has 1 aromatic heterocycles. The summed E-state index contributed by atoms with van der Waals surface area (Å²) < 4.78 is 7.42. The SMILES string of the molecule is CCOc1ccc(-c2nnc3n2C2C(C(=O)NC(=O)N2C)N3Cc2ccccc2C)cc1. The molecular weight excluding hydrogens is 408 g/mol. The minimum absolute atomic E-state index is 0.338. The average Bonchev–Trinajstić information content (AvgIpc) is 3.34. The molecule has 0 radical (unpaired) electrons. The number of urea groups is 1. The Labute approximate surface area is 185 Å². The number of carbonyl (C=O) groups excluding carboxylic acids is 2. The van der Waals surface area contributed by atoms with E-state index in [1.165, 1.54) is 4.90 Å². The number of anilines is 1. The predicted octanol–water partition coefficient (Wildman–Crippen LogP) is 2.72. The first kappa shape index (κ1) is 20.0. The van der Waals surface area contributed by atoms with E-state index in [1.807, 2.05) is 71.8 Å². The van der Waals surface area contributed by atoms with E-state index < -0.39 is 18.2 Å². The number of nitrogens with zero attached hydrogens (tertiary/aromatic N) is 5. The summed E-state index contributed by atoms with van der Waals surface area (Å²) >= 11 is 0. The van der Waals surface area contributed by atoms with E-state index in [0.717, 1.165) is 22.4 Å². The molecule has 1 N–H and O–H groups in total. The highest BCUT2D eigenvalue weighted by Gasteiger charge is 2.52. The third-order valence-corrected chi connectivity index (χ3v) is 6.06. The van der Waals surface area contributed by atoms with Crippen molar-refractivity contribution >= 4 is 17.9 Å². The minimum atomic E-state index is -0.607. The van der Waals surface area contributed by atoms with Crippen molar-refractivity contribution in [3.8, 4) is 17.1 Å². The highest BCUT2D eigenvalue weighted by atomic mass is 16.5. The van der Waals surface area contributed by atoms with Crippen LogP contribution in [-0.2, 0) is 11.3 Å². The lowest BCUT2D eigenvalue weighted by atomic mass is 10.1. The Kier molecular flexibility index (Phi) is 4.80. The van der Waals surface area contributed by atoms with Gasteiger partial charge >= 0.3 is 6.03 Å². The number of aryl methyl sites for hydroxylation is 1. The predicted molar refractivity (Wildman–Crippen MR) is 118 cm³/mol. The summed E-state index contributed by atoms with van der Waals surface area (Å²) in [5.74, 6) is 1.58. The monoisotopic (exact) mass is 432 g/mol. The number of ether oxygens (including phenoxy) is 1. The minimum Gasteiger partial charge on any atom is -0.494 e. The second-order valence-corrected chi connectivity index (χ2v) is 7.97. The Morgan fingerprint density at radius 1 is 1.06 bits per heavy atom. The van der Waals surface area contributed by atoms with E-state index in [2.05, 4.69) is 15.5 Å². The summed E-state index contributed by atoms with van der Waals surface area (Å²) in [6.45, 7) is 5.03. The van der Waals surface area contributed by atoms with Crippen LogP contribution >= 0.6 is 0 Å². The number of nitrogens with one attached hydrogen (secondary N) is 1. The topological polar surface area (TPSA) is 92.6 Å². The van der Waals surface area contributed by atoms with Crippen molar-refractivity contribution in [1.82, 2.24) is 25.0 Å². The van der Waals surface area contributed by atoms with Gasteiger partial charge in [-0.25, -0.2) is 4.79 Å². The zero-order valence-corrected chi connectivity index (χ0v) is 18.1. The Bertz CT molecular complexity index is 1190. The van der Waals surface area contributed by atoms with E-state index in [-0.39, 0.29) is 5.91 Å². The highest BCUT2D eigenvalue weighted by Crippen LogP contribution is 2.41. The molecule has 0 aliphatic carbocycles. The second-order valence-electron chi connectivity index (χ2n) is 7.97. The summed E-state index contributed by atoms with van der Waals surface area (Å²) in [4.78, 5) is 28.9. The molecule has 2 aliphatic heterocycles. The number of rotatable bonds is 5. The van der Waals surface area contributed by atoms with Gasteiger partial charge in [-0.05, 0) is 49.2 Å². The average molecular weight is 432 g/mol. The zero-order chi connectivity index (χ0) is 22.4. The third kappa shape index (κ3) is 3.08. The van der Waals surface area contributed by atoms with Crippen LogP contribution in [0.4, 0.5) is 10.7 Å². The lowest BCUT2D eigenvalue weighted by molar-refractivity contribution is -0.124. The Morgan fingerprint density at radius 2 is 1.81 bits per heavy atom. The fraction of sp³-hybridized carbons (Fsp3) is 0.304. The Balaban J connectivity index is 1.61. The van der Waals surface area contributed by atoms with Crippen molar-refractivity contribution in [3.63, 3.8) is 0 Å². The summed E-state index contributed by atoms with van der Waals surface area (Å²) in [6, 6.07) is 14.6. The van der Waals surface area contributed by atoms with Gasteiger partial charge < -0.3 is 14.5 Å². The first-order valence-electron chi connectivity index (χ1n) is 10.6. The fourth-order valence-electron chi connectivity index (χ4n) is 4.40. The van der Waals surface area contributed by atoms with Crippen LogP contribution in [0, 0.1) is 6.92 Å². The van der Waals surface area contributed by atoms with E-state index in [4.69, 9.17) is 4.74 Å². The number of imide groups is 1. The van der Waals surface area contributed by atoms with Gasteiger partial charge in [-0.3, -0.25) is 14.7 Å². The molecule has 2 aliphatic rings.